The number of piperidine rings is 1. The number of aromatic nitrogens is 1. The van der Waals surface area contributed by atoms with Crippen molar-refractivity contribution in [1.82, 2.24) is 20.5 Å². The minimum atomic E-state index is -0.773. The summed E-state index contributed by atoms with van der Waals surface area (Å²) in [4.78, 5) is 32.0. The van der Waals surface area contributed by atoms with E-state index in [4.69, 9.17) is 5.73 Å². The van der Waals surface area contributed by atoms with Crippen LogP contribution in [0.5, 0.6) is 0 Å². The van der Waals surface area contributed by atoms with Gasteiger partial charge in [0.05, 0.1) is 6.54 Å². The Kier molecular flexibility index (Phi) is 8.16. The molecule has 0 saturated carbocycles. The van der Waals surface area contributed by atoms with Gasteiger partial charge in [-0.05, 0) is 56.0 Å². The highest BCUT2D eigenvalue weighted by Gasteiger charge is 2.28. The van der Waals surface area contributed by atoms with Crippen LogP contribution >= 0.6 is 0 Å². The van der Waals surface area contributed by atoms with E-state index in [1.54, 1.807) is 30.5 Å². The number of benzene rings is 1. The van der Waals surface area contributed by atoms with Crippen molar-refractivity contribution in [3.63, 3.8) is 0 Å². The van der Waals surface area contributed by atoms with Gasteiger partial charge in [-0.25, -0.2) is 9.37 Å². The molecule has 1 aliphatic rings. The number of anilines is 1. The second-order valence-electron chi connectivity index (χ2n) is 8.56. The van der Waals surface area contributed by atoms with Gasteiger partial charge in [-0.3, -0.25) is 14.5 Å². The molecule has 172 valence electrons. The zero-order valence-corrected chi connectivity index (χ0v) is 18.7. The lowest BCUT2D eigenvalue weighted by Gasteiger charge is -2.38. The Morgan fingerprint density at radius 2 is 1.78 bits per heavy atom. The minimum Gasteiger partial charge on any atom is -0.384 e. The zero-order chi connectivity index (χ0) is 23.1. The van der Waals surface area contributed by atoms with Crippen LogP contribution in [-0.2, 0) is 22.6 Å². The minimum absolute atomic E-state index is 0.193. The molecule has 0 radical (unpaired) electrons. The number of halogens is 1. The number of nitrogen functional groups attached to an aromatic ring is 1. The molecular weight excluding hydrogens is 409 g/mol. The van der Waals surface area contributed by atoms with Crippen molar-refractivity contribution in [3.8, 4) is 0 Å². The number of hydrogen-bond donors (Lipinski definition) is 3. The van der Waals surface area contributed by atoms with Crippen molar-refractivity contribution < 1.29 is 14.0 Å². The molecule has 0 spiro atoms. The van der Waals surface area contributed by atoms with Crippen LogP contribution in [0, 0.1) is 5.82 Å². The number of hydrogen-bond acceptors (Lipinski definition) is 5. The zero-order valence-electron chi connectivity index (χ0n) is 18.7. The van der Waals surface area contributed by atoms with Crippen LogP contribution in [0.4, 0.5) is 10.2 Å². The van der Waals surface area contributed by atoms with Gasteiger partial charge in [0.15, 0.2) is 0 Å². The molecule has 0 aliphatic carbocycles. The maximum atomic E-state index is 13.3. The second kappa shape index (κ2) is 11.0. The summed E-state index contributed by atoms with van der Waals surface area (Å²) in [5.74, 6) is -0.438. The summed E-state index contributed by atoms with van der Waals surface area (Å²) in [5, 5.41) is 5.75. The first-order valence-electron chi connectivity index (χ1n) is 11.1. The summed E-state index contributed by atoms with van der Waals surface area (Å²) in [5.41, 5.74) is 7.17. The van der Waals surface area contributed by atoms with E-state index in [2.05, 4.69) is 34.4 Å². The van der Waals surface area contributed by atoms with Crippen molar-refractivity contribution in [2.75, 3.05) is 12.3 Å². The van der Waals surface area contributed by atoms with Gasteiger partial charge >= 0.3 is 0 Å². The first-order chi connectivity index (χ1) is 15.3. The molecule has 3 unspecified atom stereocenters. The number of nitrogens with one attached hydrogen (secondary N) is 2. The smallest absolute Gasteiger partial charge is 0.243 e. The first-order valence-corrected chi connectivity index (χ1v) is 11.1. The molecule has 1 aliphatic heterocycles. The van der Waals surface area contributed by atoms with E-state index >= 15 is 0 Å². The first kappa shape index (κ1) is 23.7. The monoisotopic (exact) mass is 441 g/mol. The predicted octanol–water partition coefficient (Wildman–Crippen LogP) is 2.41. The van der Waals surface area contributed by atoms with Crippen molar-refractivity contribution >= 4 is 17.6 Å². The molecule has 2 heterocycles. The molecule has 4 N–H and O–H groups in total. The number of carbonyl (C=O) groups excluding carboxylic acids is 2. The average Bonchev–Trinajstić information content (AvgIpc) is 2.77. The van der Waals surface area contributed by atoms with Crippen molar-refractivity contribution in [2.45, 2.75) is 64.2 Å². The predicted molar refractivity (Wildman–Crippen MR) is 122 cm³/mol. The van der Waals surface area contributed by atoms with Gasteiger partial charge in [0.2, 0.25) is 11.8 Å². The molecule has 7 nitrogen and oxygen atoms in total. The number of rotatable bonds is 8. The summed E-state index contributed by atoms with van der Waals surface area (Å²) in [7, 11) is 0. The molecule has 3 rings (SSSR count). The SMILES string of the molecule is CC1CCCC(C)N1CC(=O)NC(Cc1ccc(F)cc1)C(=O)NCc1ccc(N)nc1. The fraction of sp³-hybridized carbons (Fsp3) is 0.458. The number of likely N-dealkylation sites (tertiary alicyclic amines) is 1. The van der Waals surface area contributed by atoms with Crippen molar-refractivity contribution in [1.29, 1.82) is 0 Å². The highest BCUT2D eigenvalue weighted by Crippen LogP contribution is 2.21. The number of nitrogens with two attached hydrogens (primary N) is 1. The van der Waals surface area contributed by atoms with Crippen LogP contribution in [-0.4, -0.2) is 46.4 Å². The molecule has 2 aromatic rings. The van der Waals surface area contributed by atoms with Crippen LogP contribution in [0.25, 0.3) is 0 Å². The van der Waals surface area contributed by atoms with Gasteiger partial charge in [-0.15, -0.1) is 0 Å². The Morgan fingerprint density at radius 3 is 2.41 bits per heavy atom. The van der Waals surface area contributed by atoms with Crippen LogP contribution < -0.4 is 16.4 Å². The number of amides is 2. The molecule has 3 atom stereocenters. The summed E-state index contributed by atoms with van der Waals surface area (Å²) < 4.78 is 13.3. The van der Waals surface area contributed by atoms with Crippen molar-refractivity contribution in [2.24, 2.45) is 0 Å². The van der Waals surface area contributed by atoms with Crippen molar-refractivity contribution in [3.05, 3.63) is 59.5 Å². The summed E-state index contributed by atoms with van der Waals surface area (Å²) >= 11 is 0. The molecule has 1 aromatic carbocycles. The quantitative estimate of drug-likeness (QED) is 0.584. The second-order valence-corrected chi connectivity index (χ2v) is 8.56. The molecular formula is C24H32FN5O2. The molecule has 1 fully saturated rings. The van der Waals surface area contributed by atoms with Gasteiger partial charge in [-0.2, -0.15) is 0 Å². The molecule has 2 amide bonds. The van der Waals surface area contributed by atoms with E-state index in [-0.39, 0.29) is 37.1 Å². The number of nitrogens with zero attached hydrogens (tertiary/aromatic N) is 2. The third kappa shape index (κ3) is 6.75. The Balaban J connectivity index is 1.66. The third-order valence-corrected chi connectivity index (χ3v) is 6.02. The highest BCUT2D eigenvalue weighted by molar-refractivity contribution is 5.88. The Labute approximate surface area is 188 Å². The van der Waals surface area contributed by atoms with Gasteiger partial charge in [0.25, 0.3) is 0 Å². The fourth-order valence-corrected chi connectivity index (χ4v) is 4.11. The number of pyridine rings is 1. The Bertz CT molecular complexity index is 894. The van der Waals surface area contributed by atoms with E-state index in [1.165, 1.54) is 12.1 Å². The normalized spacial score (nSPS) is 19.8. The number of carbonyl (C=O) groups is 2. The molecule has 1 aromatic heterocycles. The highest BCUT2D eigenvalue weighted by atomic mass is 19.1. The third-order valence-electron chi connectivity index (χ3n) is 6.02. The lowest BCUT2D eigenvalue weighted by atomic mass is 9.97. The lowest BCUT2D eigenvalue weighted by Crippen LogP contribution is -2.53. The largest absolute Gasteiger partial charge is 0.384 e. The van der Waals surface area contributed by atoms with E-state index < -0.39 is 6.04 Å². The Hall–Kier alpha value is -3.00. The van der Waals surface area contributed by atoms with Crippen LogP contribution in [0.2, 0.25) is 0 Å². The van der Waals surface area contributed by atoms with Gasteiger partial charge in [0, 0.05) is 31.2 Å². The maximum absolute atomic E-state index is 13.3. The maximum Gasteiger partial charge on any atom is 0.243 e. The topological polar surface area (TPSA) is 100 Å². The van der Waals surface area contributed by atoms with Gasteiger partial charge < -0.3 is 16.4 Å². The lowest BCUT2D eigenvalue weighted by molar-refractivity contribution is -0.130. The average molecular weight is 442 g/mol. The van der Waals surface area contributed by atoms with E-state index in [0.717, 1.165) is 30.4 Å². The van der Waals surface area contributed by atoms with Crippen LogP contribution in [0.15, 0.2) is 42.6 Å². The summed E-state index contributed by atoms with van der Waals surface area (Å²) in [6, 6.07) is 9.28. The van der Waals surface area contributed by atoms with Crippen LogP contribution in [0.1, 0.15) is 44.2 Å². The Morgan fingerprint density at radius 1 is 1.12 bits per heavy atom. The van der Waals surface area contributed by atoms with E-state index in [9.17, 15) is 14.0 Å². The summed E-state index contributed by atoms with van der Waals surface area (Å²) in [6.45, 7) is 4.78. The van der Waals surface area contributed by atoms with E-state index in [1.807, 2.05) is 0 Å². The summed E-state index contributed by atoms with van der Waals surface area (Å²) in [6.07, 6.45) is 5.15. The fourth-order valence-electron chi connectivity index (χ4n) is 4.11. The molecule has 8 heteroatoms. The van der Waals surface area contributed by atoms with E-state index in [0.29, 0.717) is 17.9 Å². The van der Waals surface area contributed by atoms with Gasteiger partial charge in [-0.1, -0.05) is 24.6 Å². The molecule has 0 bridgehead atoms. The standard InChI is InChI=1S/C24H32FN5O2/c1-16-4-3-5-17(2)30(16)15-23(31)29-21(12-18-6-9-20(25)10-7-18)24(32)28-14-19-8-11-22(26)27-13-19/h6-11,13,16-17,21H,3-5,12,14-15H2,1-2H3,(H2,26,27)(H,28,32)(H,29,31). The molecule has 1 saturated heterocycles. The van der Waals surface area contributed by atoms with Crippen LogP contribution in [0.3, 0.4) is 0 Å². The van der Waals surface area contributed by atoms with Gasteiger partial charge in [0.1, 0.15) is 17.7 Å². The molecule has 32 heavy (non-hydrogen) atoms.